The van der Waals surface area contributed by atoms with Gasteiger partial charge in [0.15, 0.2) is 23.1 Å². The Morgan fingerprint density at radius 1 is 1.03 bits per heavy atom. The summed E-state index contributed by atoms with van der Waals surface area (Å²) in [5.74, 6) is -2.93. The van der Waals surface area contributed by atoms with Gasteiger partial charge in [0, 0.05) is 23.1 Å². The molecule has 1 fully saturated rings. The predicted molar refractivity (Wildman–Crippen MR) is 141 cm³/mol. The number of amides is 2. The van der Waals surface area contributed by atoms with Gasteiger partial charge in [-0.3, -0.25) is 24.1 Å². The van der Waals surface area contributed by atoms with Gasteiger partial charge in [0.2, 0.25) is 11.8 Å². The number of aromatic hydroxyl groups is 1. The van der Waals surface area contributed by atoms with Crippen LogP contribution in [0.15, 0.2) is 81.9 Å². The van der Waals surface area contributed by atoms with Crippen molar-refractivity contribution in [2.75, 3.05) is 7.11 Å². The number of halogens is 1. The number of fused-ring (bicyclic) bond motifs is 3. The molecule has 192 valence electrons. The molecule has 0 radical (unpaired) electrons. The first kappa shape index (κ1) is 24.6. The normalized spacial score (nSPS) is 26.5. The molecular weight excluding hydrogens is 550 g/mol. The first-order valence-corrected chi connectivity index (χ1v) is 13.2. The van der Waals surface area contributed by atoms with E-state index in [1.165, 1.54) is 24.2 Å². The molecule has 0 unspecified atom stereocenters. The second kappa shape index (κ2) is 9.20. The molecule has 1 heterocycles. The van der Waals surface area contributed by atoms with Crippen LogP contribution in [0.4, 0.5) is 0 Å². The summed E-state index contributed by atoms with van der Waals surface area (Å²) >= 11 is 3.24. The number of ketones is 2. The van der Waals surface area contributed by atoms with Crippen LogP contribution in [0.3, 0.4) is 0 Å². The number of carbonyl (C=O) groups is 4. The lowest BCUT2D eigenvalue weighted by Crippen LogP contribution is -2.39. The van der Waals surface area contributed by atoms with Crippen molar-refractivity contribution in [3.63, 3.8) is 0 Å². The van der Waals surface area contributed by atoms with Crippen LogP contribution in [0.25, 0.3) is 0 Å². The Labute approximate surface area is 227 Å². The highest BCUT2D eigenvalue weighted by atomic mass is 79.9. The average Bonchev–Trinajstić information content (AvgIpc) is 3.16. The molecule has 8 heteroatoms. The van der Waals surface area contributed by atoms with Crippen molar-refractivity contribution in [1.29, 1.82) is 0 Å². The van der Waals surface area contributed by atoms with Crippen LogP contribution in [-0.2, 0) is 25.7 Å². The van der Waals surface area contributed by atoms with Gasteiger partial charge in [-0.1, -0.05) is 48.0 Å². The minimum absolute atomic E-state index is 0.0442. The van der Waals surface area contributed by atoms with E-state index in [2.05, 4.69) is 15.9 Å². The Morgan fingerprint density at radius 2 is 1.79 bits per heavy atom. The third kappa shape index (κ3) is 3.69. The molecule has 1 saturated heterocycles. The van der Waals surface area contributed by atoms with Crippen molar-refractivity contribution in [3.05, 3.63) is 93.0 Å². The van der Waals surface area contributed by atoms with E-state index in [9.17, 15) is 24.3 Å². The highest BCUT2D eigenvalue weighted by Crippen LogP contribution is 2.55. The van der Waals surface area contributed by atoms with Gasteiger partial charge in [0.25, 0.3) is 0 Å². The van der Waals surface area contributed by atoms with Crippen molar-refractivity contribution in [1.82, 2.24) is 4.90 Å². The summed E-state index contributed by atoms with van der Waals surface area (Å²) in [6.07, 6.45) is 3.86. The Hall–Kier alpha value is -3.78. The quantitative estimate of drug-likeness (QED) is 0.331. The third-order valence-electron chi connectivity index (χ3n) is 8.14. The van der Waals surface area contributed by atoms with Crippen molar-refractivity contribution in [3.8, 4) is 11.5 Å². The first-order valence-electron chi connectivity index (χ1n) is 12.5. The molecule has 7 nitrogen and oxygen atoms in total. The number of rotatable bonds is 4. The van der Waals surface area contributed by atoms with Crippen LogP contribution >= 0.6 is 15.9 Å². The van der Waals surface area contributed by atoms with Gasteiger partial charge in [-0.15, -0.1) is 0 Å². The lowest BCUT2D eigenvalue weighted by molar-refractivity contribution is -0.140. The highest BCUT2D eigenvalue weighted by molar-refractivity contribution is 9.12. The van der Waals surface area contributed by atoms with Crippen LogP contribution in [0.5, 0.6) is 11.5 Å². The van der Waals surface area contributed by atoms with E-state index in [-0.39, 0.29) is 52.3 Å². The number of carbonyl (C=O) groups excluding carboxylic acids is 4. The summed E-state index contributed by atoms with van der Waals surface area (Å²) in [4.78, 5) is 55.2. The van der Waals surface area contributed by atoms with Crippen LogP contribution in [0.1, 0.15) is 29.9 Å². The highest BCUT2D eigenvalue weighted by Gasteiger charge is 2.56. The minimum atomic E-state index is -0.616. The number of hydrogen-bond acceptors (Lipinski definition) is 6. The zero-order valence-electron chi connectivity index (χ0n) is 20.5. The van der Waals surface area contributed by atoms with E-state index in [1.54, 1.807) is 12.1 Å². The van der Waals surface area contributed by atoms with Gasteiger partial charge in [-0.25, -0.2) is 0 Å². The van der Waals surface area contributed by atoms with Gasteiger partial charge in [-0.2, -0.15) is 0 Å². The topological polar surface area (TPSA) is 101 Å². The molecule has 2 amide bonds. The first-order chi connectivity index (χ1) is 18.3. The molecule has 1 aliphatic heterocycles. The largest absolute Gasteiger partial charge is 0.504 e. The number of ether oxygens (including phenoxy) is 1. The Bertz CT molecular complexity index is 1500. The summed E-state index contributed by atoms with van der Waals surface area (Å²) in [6, 6.07) is 14.3. The zero-order chi connectivity index (χ0) is 26.7. The van der Waals surface area contributed by atoms with Gasteiger partial charge >= 0.3 is 0 Å². The molecule has 0 saturated carbocycles. The van der Waals surface area contributed by atoms with Gasteiger partial charge in [0.05, 0.1) is 30.0 Å². The minimum Gasteiger partial charge on any atom is -0.504 e. The van der Waals surface area contributed by atoms with E-state index in [1.807, 2.05) is 36.4 Å². The van der Waals surface area contributed by atoms with E-state index in [4.69, 9.17) is 4.74 Å². The van der Waals surface area contributed by atoms with Gasteiger partial charge < -0.3 is 9.84 Å². The van der Waals surface area contributed by atoms with Crippen LogP contribution in [0.2, 0.25) is 0 Å². The van der Waals surface area contributed by atoms with Crippen LogP contribution < -0.4 is 4.74 Å². The second-order valence-electron chi connectivity index (χ2n) is 10.1. The van der Waals surface area contributed by atoms with Crippen LogP contribution in [0, 0.1) is 17.8 Å². The molecule has 4 aliphatic rings. The number of Topliss-reactive ketones (excluding diaryl/α,β-unsaturated/α-hetero) is 1. The number of benzene rings is 2. The monoisotopic (exact) mass is 573 g/mol. The molecule has 3 aliphatic carbocycles. The number of likely N-dealkylation sites (tertiary alicyclic amines) is 1. The molecule has 2 aromatic carbocycles. The SMILES string of the molecule is COc1cc([C@H]2C3=CC[C@@H]4C(=O)N(Cc5ccccc5)C(=O)[C@@H]4[C@@H]3CC3=C2C(=O)C=C(Br)C3=O)ccc1O. The maximum absolute atomic E-state index is 13.8. The number of phenolic OH excluding ortho intramolecular Hbond substituents is 1. The molecule has 38 heavy (non-hydrogen) atoms. The van der Waals surface area contributed by atoms with Crippen molar-refractivity contribution < 1.29 is 29.0 Å². The Kier molecular flexibility index (Phi) is 5.94. The number of nitrogens with zero attached hydrogens (tertiary/aromatic N) is 1. The molecule has 0 aromatic heterocycles. The molecule has 2 aromatic rings. The number of imide groups is 1. The van der Waals surface area contributed by atoms with E-state index >= 15 is 0 Å². The van der Waals surface area contributed by atoms with Crippen molar-refractivity contribution in [2.24, 2.45) is 17.8 Å². The Morgan fingerprint density at radius 3 is 2.53 bits per heavy atom. The summed E-state index contributed by atoms with van der Waals surface area (Å²) in [7, 11) is 1.44. The van der Waals surface area contributed by atoms with Crippen molar-refractivity contribution >= 4 is 39.3 Å². The standard InChI is InChI=1S/C30H24BrNO6/c1-38-24-11-16(7-10-22(24)33)25-17-8-9-18-26(19(17)12-20-27(25)23(34)13-21(31)28(20)35)30(37)32(29(18)36)14-15-5-3-2-4-6-15/h2-8,10-11,13,18-19,25-26,33H,9,12,14H2,1H3/t18-,19+,25-,26-/m0/s1. The fourth-order valence-corrected chi connectivity index (χ4v) is 6.89. The van der Waals surface area contributed by atoms with Gasteiger partial charge in [-0.05, 0) is 57.9 Å². The molecule has 0 bridgehead atoms. The van der Waals surface area contributed by atoms with E-state index in [0.29, 0.717) is 23.1 Å². The zero-order valence-corrected chi connectivity index (χ0v) is 22.1. The summed E-state index contributed by atoms with van der Waals surface area (Å²) in [5.41, 5.74) is 3.14. The third-order valence-corrected chi connectivity index (χ3v) is 8.73. The summed E-state index contributed by atoms with van der Waals surface area (Å²) < 4.78 is 5.51. The average molecular weight is 574 g/mol. The van der Waals surface area contributed by atoms with E-state index in [0.717, 1.165) is 11.1 Å². The second-order valence-corrected chi connectivity index (χ2v) is 10.9. The van der Waals surface area contributed by atoms with E-state index < -0.39 is 23.7 Å². The maximum Gasteiger partial charge on any atom is 0.234 e. The van der Waals surface area contributed by atoms with Crippen LogP contribution in [-0.4, -0.2) is 40.5 Å². The maximum atomic E-state index is 13.8. The smallest absolute Gasteiger partial charge is 0.234 e. The predicted octanol–water partition coefficient (Wildman–Crippen LogP) is 4.36. The molecule has 4 atom stereocenters. The molecule has 6 rings (SSSR count). The lowest BCUT2D eigenvalue weighted by atomic mass is 9.59. The van der Waals surface area contributed by atoms with Crippen molar-refractivity contribution in [2.45, 2.75) is 25.3 Å². The lowest BCUT2D eigenvalue weighted by Gasteiger charge is -2.42. The molecule has 0 spiro atoms. The number of methoxy groups -OCH3 is 1. The molecular formula is C30H24BrNO6. The number of phenols is 1. The van der Waals surface area contributed by atoms with Gasteiger partial charge in [0.1, 0.15) is 0 Å². The summed E-state index contributed by atoms with van der Waals surface area (Å²) in [6.45, 7) is 0.200. The Balaban J connectivity index is 1.45. The fraction of sp³-hybridized carbons (Fsp3) is 0.267. The number of hydrogen-bond donors (Lipinski definition) is 1. The fourth-order valence-electron chi connectivity index (χ4n) is 6.45. The summed E-state index contributed by atoms with van der Waals surface area (Å²) in [5, 5.41) is 10.2. The molecule has 1 N–H and O–H groups in total. The number of allylic oxidation sites excluding steroid dienone is 6.